The number of hydrogen-bond acceptors (Lipinski definition) is 3. The molecule has 0 atom stereocenters. The third-order valence-electron chi connectivity index (χ3n) is 2.76. The Morgan fingerprint density at radius 1 is 1.26 bits per heavy atom. The molecule has 0 bridgehead atoms. The summed E-state index contributed by atoms with van der Waals surface area (Å²) in [6.07, 6.45) is 0.646. The van der Waals surface area contributed by atoms with E-state index < -0.39 is 21.7 Å². The molecule has 0 unspecified atom stereocenters. The fourth-order valence-electron chi connectivity index (χ4n) is 1.50. The Morgan fingerprint density at radius 3 is 2.42 bits per heavy atom. The number of rotatable bonds is 6. The van der Waals surface area contributed by atoms with Crippen molar-refractivity contribution in [3.05, 3.63) is 29.8 Å². The van der Waals surface area contributed by atoms with Crippen molar-refractivity contribution in [2.24, 2.45) is 11.1 Å². The highest BCUT2D eigenvalue weighted by Gasteiger charge is 2.22. The predicted molar refractivity (Wildman–Crippen MR) is 69.0 cm³/mol. The van der Waals surface area contributed by atoms with Gasteiger partial charge in [-0.2, -0.15) is 0 Å². The van der Waals surface area contributed by atoms with Crippen LogP contribution in [0.1, 0.15) is 20.3 Å². The molecule has 3 N–H and O–H groups in total. The zero-order valence-corrected chi connectivity index (χ0v) is 11.7. The van der Waals surface area contributed by atoms with Crippen molar-refractivity contribution in [3.8, 4) is 0 Å². The Kier molecular flexibility index (Phi) is 5.00. The molecule has 19 heavy (non-hydrogen) atoms. The molecule has 4 nitrogen and oxygen atoms in total. The summed E-state index contributed by atoms with van der Waals surface area (Å²) in [4.78, 5) is -0.296. The van der Waals surface area contributed by atoms with E-state index in [2.05, 4.69) is 4.72 Å². The highest BCUT2D eigenvalue weighted by atomic mass is 32.2. The van der Waals surface area contributed by atoms with Crippen LogP contribution in [0, 0.1) is 17.0 Å². The van der Waals surface area contributed by atoms with Crippen LogP contribution in [0.3, 0.4) is 0 Å². The maximum atomic E-state index is 13.0. The molecule has 0 aliphatic carbocycles. The van der Waals surface area contributed by atoms with E-state index in [0.29, 0.717) is 19.0 Å². The van der Waals surface area contributed by atoms with Gasteiger partial charge in [0.2, 0.25) is 10.0 Å². The fraction of sp³-hybridized carbons (Fsp3) is 0.500. The van der Waals surface area contributed by atoms with Crippen LogP contribution in [-0.2, 0) is 10.0 Å². The first kappa shape index (κ1) is 16.0. The third-order valence-corrected chi connectivity index (χ3v) is 4.16. The fourth-order valence-corrected chi connectivity index (χ4v) is 2.75. The van der Waals surface area contributed by atoms with Crippen LogP contribution in [-0.4, -0.2) is 21.5 Å². The molecule has 0 amide bonds. The molecule has 0 saturated carbocycles. The topological polar surface area (TPSA) is 72.2 Å². The van der Waals surface area contributed by atoms with Gasteiger partial charge in [-0.05, 0) is 36.6 Å². The molecule has 0 aliphatic rings. The molecular formula is C12H18F2N2O2S. The van der Waals surface area contributed by atoms with E-state index in [1.807, 2.05) is 13.8 Å². The Balaban J connectivity index is 2.84. The molecule has 0 saturated heterocycles. The second kappa shape index (κ2) is 5.94. The zero-order valence-electron chi connectivity index (χ0n) is 10.9. The highest BCUT2D eigenvalue weighted by Crippen LogP contribution is 2.20. The summed E-state index contributed by atoms with van der Waals surface area (Å²) in [6, 6.07) is 2.47. The normalized spacial score (nSPS) is 12.7. The van der Waals surface area contributed by atoms with Crippen molar-refractivity contribution in [1.29, 1.82) is 0 Å². The molecular weight excluding hydrogens is 274 g/mol. The van der Waals surface area contributed by atoms with Gasteiger partial charge in [-0.3, -0.25) is 0 Å². The second-order valence-electron chi connectivity index (χ2n) is 5.10. The summed E-state index contributed by atoms with van der Waals surface area (Å²) in [6.45, 7) is 4.35. The van der Waals surface area contributed by atoms with E-state index in [4.69, 9.17) is 5.73 Å². The van der Waals surface area contributed by atoms with Gasteiger partial charge in [-0.25, -0.2) is 21.9 Å². The molecule has 7 heteroatoms. The third kappa shape index (κ3) is 4.52. The van der Waals surface area contributed by atoms with E-state index in [0.717, 1.165) is 12.1 Å². The van der Waals surface area contributed by atoms with Crippen molar-refractivity contribution in [3.63, 3.8) is 0 Å². The van der Waals surface area contributed by atoms with Crippen molar-refractivity contribution < 1.29 is 17.2 Å². The quantitative estimate of drug-likeness (QED) is 0.837. The minimum Gasteiger partial charge on any atom is -0.330 e. The average Bonchev–Trinajstić information content (AvgIpc) is 2.30. The van der Waals surface area contributed by atoms with Crippen LogP contribution in [0.15, 0.2) is 23.1 Å². The second-order valence-corrected chi connectivity index (χ2v) is 6.87. The van der Waals surface area contributed by atoms with E-state index in [1.54, 1.807) is 0 Å². The molecule has 0 aliphatic heterocycles. The lowest BCUT2D eigenvalue weighted by molar-refractivity contribution is 0.340. The summed E-state index contributed by atoms with van der Waals surface area (Å²) in [5.74, 6) is -2.27. The molecule has 108 valence electrons. The van der Waals surface area contributed by atoms with Crippen LogP contribution in [0.2, 0.25) is 0 Å². The Morgan fingerprint density at radius 2 is 1.89 bits per heavy atom. The zero-order chi connectivity index (χ0) is 14.7. The van der Waals surface area contributed by atoms with E-state index >= 15 is 0 Å². The first-order chi connectivity index (χ1) is 8.68. The molecule has 1 aromatic rings. The SMILES string of the molecule is CC(C)(CCN)CNS(=O)(=O)c1ccc(F)c(F)c1. The van der Waals surface area contributed by atoms with Crippen molar-refractivity contribution in [2.45, 2.75) is 25.2 Å². The molecule has 0 spiro atoms. The summed E-state index contributed by atoms with van der Waals surface area (Å²) >= 11 is 0. The number of sulfonamides is 1. The monoisotopic (exact) mass is 292 g/mol. The standard InChI is InChI=1S/C12H18F2N2O2S/c1-12(2,5-6-15)8-16-19(17,18)9-3-4-10(13)11(14)7-9/h3-4,7,16H,5-6,8,15H2,1-2H3. The first-order valence-corrected chi connectivity index (χ1v) is 7.31. The Labute approximate surface area is 112 Å². The van der Waals surface area contributed by atoms with Crippen LogP contribution in [0.4, 0.5) is 8.78 Å². The van der Waals surface area contributed by atoms with Gasteiger partial charge in [0, 0.05) is 6.54 Å². The molecule has 1 aromatic carbocycles. The van der Waals surface area contributed by atoms with Gasteiger partial charge < -0.3 is 5.73 Å². The summed E-state index contributed by atoms with van der Waals surface area (Å²) < 4.78 is 52.0. The van der Waals surface area contributed by atoms with Crippen LogP contribution < -0.4 is 10.5 Å². The number of benzene rings is 1. The van der Waals surface area contributed by atoms with Crippen molar-refractivity contribution in [2.75, 3.05) is 13.1 Å². The molecule has 1 rings (SSSR count). The first-order valence-electron chi connectivity index (χ1n) is 5.83. The minimum atomic E-state index is -3.85. The molecule has 0 radical (unpaired) electrons. The van der Waals surface area contributed by atoms with Gasteiger partial charge in [0.1, 0.15) is 0 Å². The lowest BCUT2D eigenvalue weighted by Gasteiger charge is -2.24. The van der Waals surface area contributed by atoms with Gasteiger partial charge in [0.15, 0.2) is 11.6 Å². The maximum Gasteiger partial charge on any atom is 0.240 e. The van der Waals surface area contributed by atoms with Crippen LogP contribution in [0.25, 0.3) is 0 Å². The molecule has 0 aromatic heterocycles. The van der Waals surface area contributed by atoms with Gasteiger partial charge in [0.05, 0.1) is 4.90 Å². The van der Waals surface area contributed by atoms with E-state index in [9.17, 15) is 17.2 Å². The number of nitrogens with one attached hydrogen (secondary N) is 1. The number of hydrogen-bond donors (Lipinski definition) is 2. The van der Waals surface area contributed by atoms with Gasteiger partial charge in [0.25, 0.3) is 0 Å². The molecule has 0 heterocycles. The summed E-state index contributed by atoms with van der Waals surface area (Å²) in [7, 11) is -3.85. The van der Waals surface area contributed by atoms with Gasteiger partial charge in [-0.15, -0.1) is 0 Å². The summed E-state index contributed by atoms with van der Waals surface area (Å²) in [5, 5.41) is 0. The predicted octanol–water partition coefficient (Wildman–Crippen LogP) is 1.62. The smallest absolute Gasteiger partial charge is 0.240 e. The van der Waals surface area contributed by atoms with Crippen molar-refractivity contribution >= 4 is 10.0 Å². The van der Waals surface area contributed by atoms with Crippen LogP contribution >= 0.6 is 0 Å². The largest absolute Gasteiger partial charge is 0.330 e. The number of halogens is 2. The molecule has 0 fully saturated rings. The van der Waals surface area contributed by atoms with Crippen molar-refractivity contribution in [1.82, 2.24) is 4.72 Å². The Bertz CT molecular complexity index is 545. The van der Waals surface area contributed by atoms with E-state index in [-0.39, 0.29) is 16.9 Å². The van der Waals surface area contributed by atoms with Gasteiger partial charge in [-0.1, -0.05) is 13.8 Å². The van der Waals surface area contributed by atoms with Crippen LogP contribution in [0.5, 0.6) is 0 Å². The Hall–Kier alpha value is -1.05. The lowest BCUT2D eigenvalue weighted by Crippen LogP contribution is -2.35. The minimum absolute atomic E-state index is 0.172. The average molecular weight is 292 g/mol. The number of nitrogens with two attached hydrogens (primary N) is 1. The highest BCUT2D eigenvalue weighted by molar-refractivity contribution is 7.89. The van der Waals surface area contributed by atoms with E-state index in [1.165, 1.54) is 0 Å². The summed E-state index contributed by atoms with van der Waals surface area (Å²) in [5.41, 5.74) is 5.13. The lowest BCUT2D eigenvalue weighted by atomic mass is 9.90. The van der Waals surface area contributed by atoms with Gasteiger partial charge >= 0.3 is 0 Å². The maximum absolute atomic E-state index is 13.0.